The first-order chi connectivity index (χ1) is 8.32. The average Bonchev–Trinajstić information content (AvgIpc) is 2.25. The van der Waals surface area contributed by atoms with Crippen molar-refractivity contribution in [3.63, 3.8) is 0 Å². The highest BCUT2D eigenvalue weighted by Gasteiger charge is 2.20. The average molecular weight is 313 g/mol. The van der Waals surface area contributed by atoms with E-state index < -0.39 is 4.92 Å². The van der Waals surface area contributed by atoms with Crippen LogP contribution in [0.15, 0.2) is 28.9 Å². The van der Waals surface area contributed by atoms with Gasteiger partial charge in [-0.3, -0.25) is 14.9 Å². The van der Waals surface area contributed by atoms with Crippen LogP contribution < -0.4 is 0 Å². The third kappa shape index (κ3) is 3.40. The summed E-state index contributed by atoms with van der Waals surface area (Å²) in [6, 6.07) is 4.63. The number of carbonyl (C=O) groups excluding carboxylic acids is 1. The van der Waals surface area contributed by atoms with E-state index in [1.165, 1.54) is 13.0 Å². The molecule has 0 N–H and O–H groups in total. The van der Waals surface area contributed by atoms with Crippen molar-refractivity contribution in [2.75, 3.05) is 14.1 Å². The van der Waals surface area contributed by atoms with Gasteiger partial charge in [0, 0.05) is 36.4 Å². The lowest BCUT2D eigenvalue weighted by Gasteiger charge is -2.10. The summed E-state index contributed by atoms with van der Waals surface area (Å²) < 4.78 is 0.603. The van der Waals surface area contributed by atoms with E-state index in [1.54, 1.807) is 37.3 Å². The van der Waals surface area contributed by atoms with E-state index in [0.717, 1.165) is 0 Å². The van der Waals surface area contributed by atoms with E-state index in [0.29, 0.717) is 15.6 Å². The third-order valence-corrected chi connectivity index (χ3v) is 2.71. The first kappa shape index (κ1) is 14.4. The van der Waals surface area contributed by atoms with Gasteiger partial charge in [-0.25, -0.2) is 0 Å². The monoisotopic (exact) mass is 312 g/mol. The van der Waals surface area contributed by atoms with Crippen LogP contribution in [0.4, 0.5) is 5.69 Å². The summed E-state index contributed by atoms with van der Waals surface area (Å²) in [5.41, 5.74) is 0.552. The molecule has 1 aromatic carbocycles. The number of Topliss-reactive ketones (excluding diaryl/α,β-unsaturated/α-hetero) is 1. The molecule has 0 unspecified atom stereocenters. The number of allylic oxidation sites excluding steroid dienone is 1. The molecule has 0 aromatic heterocycles. The topological polar surface area (TPSA) is 63.5 Å². The van der Waals surface area contributed by atoms with Gasteiger partial charge >= 0.3 is 0 Å². The van der Waals surface area contributed by atoms with Gasteiger partial charge in [0.2, 0.25) is 0 Å². The summed E-state index contributed by atoms with van der Waals surface area (Å²) in [5, 5.41) is 11.0. The maximum atomic E-state index is 11.6. The van der Waals surface area contributed by atoms with E-state index in [9.17, 15) is 14.9 Å². The van der Waals surface area contributed by atoms with Crippen molar-refractivity contribution in [1.82, 2.24) is 4.90 Å². The Labute approximate surface area is 113 Å². The van der Waals surface area contributed by atoms with Gasteiger partial charge in [-0.05, 0) is 19.1 Å². The first-order valence-electron chi connectivity index (χ1n) is 5.16. The van der Waals surface area contributed by atoms with Crippen molar-refractivity contribution in [1.29, 1.82) is 0 Å². The Morgan fingerprint density at radius 3 is 2.50 bits per heavy atom. The van der Waals surface area contributed by atoms with Crippen molar-refractivity contribution in [3.8, 4) is 0 Å². The van der Waals surface area contributed by atoms with Crippen molar-refractivity contribution in [2.24, 2.45) is 0 Å². The molecule has 0 fully saturated rings. The van der Waals surface area contributed by atoms with E-state index >= 15 is 0 Å². The highest BCUT2D eigenvalue weighted by Crippen LogP contribution is 2.29. The maximum absolute atomic E-state index is 11.6. The molecule has 96 valence electrons. The smallest absolute Gasteiger partial charge is 0.278 e. The van der Waals surface area contributed by atoms with E-state index in [1.807, 2.05) is 0 Å². The lowest BCUT2D eigenvalue weighted by Crippen LogP contribution is -2.08. The number of hydrogen-bond donors (Lipinski definition) is 0. The summed E-state index contributed by atoms with van der Waals surface area (Å²) in [6.07, 6.45) is 1.58. The van der Waals surface area contributed by atoms with Gasteiger partial charge in [0.1, 0.15) is 0 Å². The predicted molar refractivity (Wildman–Crippen MR) is 73.1 cm³/mol. The Morgan fingerprint density at radius 2 is 2.06 bits per heavy atom. The number of benzene rings is 1. The number of ketones is 1. The van der Waals surface area contributed by atoms with Crippen LogP contribution in [0.2, 0.25) is 0 Å². The van der Waals surface area contributed by atoms with Crippen molar-refractivity contribution in [3.05, 3.63) is 44.5 Å². The normalized spacial score (nSPS) is 11.2. The minimum atomic E-state index is -0.494. The molecule has 0 atom stereocenters. The molecule has 6 heteroatoms. The third-order valence-electron chi connectivity index (χ3n) is 2.21. The number of halogens is 1. The van der Waals surface area contributed by atoms with Crippen molar-refractivity contribution >= 4 is 33.0 Å². The van der Waals surface area contributed by atoms with Gasteiger partial charge in [-0.15, -0.1) is 0 Å². The largest absolute Gasteiger partial charge is 0.383 e. The second kappa shape index (κ2) is 5.77. The molecule has 0 spiro atoms. The first-order valence-corrected chi connectivity index (χ1v) is 5.95. The number of rotatable bonds is 4. The number of nitro benzene ring substituents is 1. The molecular weight excluding hydrogens is 300 g/mol. The van der Waals surface area contributed by atoms with Gasteiger partial charge in [0.15, 0.2) is 5.78 Å². The van der Waals surface area contributed by atoms with Gasteiger partial charge in [-0.1, -0.05) is 15.9 Å². The zero-order chi connectivity index (χ0) is 13.9. The molecule has 0 heterocycles. The Hall–Kier alpha value is -1.69. The minimum absolute atomic E-state index is 0.0901. The molecule has 18 heavy (non-hydrogen) atoms. The van der Waals surface area contributed by atoms with Gasteiger partial charge in [-0.2, -0.15) is 0 Å². The summed E-state index contributed by atoms with van der Waals surface area (Å²) in [7, 11) is 3.52. The summed E-state index contributed by atoms with van der Waals surface area (Å²) in [5.74, 6) is -0.214. The van der Waals surface area contributed by atoms with Crippen LogP contribution in [0.25, 0.3) is 5.57 Å². The molecule has 0 aliphatic rings. The number of nitrogens with zero attached hydrogens (tertiary/aromatic N) is 2. The molecule has 0 amide bonds. The molecule has 0 saturated heterocycles. The van der Waals surface area contributed by atoms with Crippen LogP contribution in [0.1, 0.15) is 12.5 Å². The van der Waals surface area contributed by atoms with Crippen LogP contribution in [0.3, 0.4) is 0 Å². The number of nitro groups is 1. The zero-order valence-electron chi connectivity index (χ0n) is 10.3. The standard InChI is InChI=1S/C12H13BrN2O3/c1-8(16)11(7-14(2)3)10-5-4-9(13)6-12(10)15(17)18/h4-7H,1-3H3/b11-7+. The molecule has 5 nitrogen and oxygen atoms in total. The van der Waals surface area contributed by atoms with Crippen LogP contribution in [0.5, 0.6) is 0 Å². The summed E-state index contributed by atoms with van der Waals surface area (Å²) in [4.78, 5) is 23.8. The molecule has 0 radical (unpaired) electrons. The molecule has 0 saturated carbocycles. The van der Waals surface area contributed by atoms with Gasteiger partial charge < -0.3 is 4.90 Å². The fourth-order valence-electron chi connectivity index (χ4n) is 1.49. The zero-order valence-corrected chi connectivity index (χ0v) is 11.9. The molecule has 0 aliphatic heterocycles. The predicted octanol–water partition coefficient (Wildman–Crippen LogP) is 2.85. The lowest BCUT2D eigenvalue weighted by atomic mass is 10.0. The van der Waals surface area contributed by atoms with Crippen LogP contribution in [-0.2, 0) is 4.79 Å². The Morgan fingerprint density at radius 1 is 1.44 bits per heavy atom. The molecule has 0 aliphatic carbocycles. The van der Waals surface area contributed by atoms with Gasteiger partial charge in [0.05, 0.1) is 10.5 Å². The number of hydrogen-bond acceptors (Lipinski definition) is 4. The lowest BCUT2D eigenvalue weighted by molar-refractivity contribution is -0.385. The van der Waals surface area contributed by atoms with E-state index in [4.69, 9.17) is 0 Å². The molecule has 1 rings (SSSR count). The second-order valence-electron chi connectivity index (χ2n) is 3.98. The quantitative estimate of drug-likeness (QED) is 0.487. The summed E-state index contributed by atoms with van der Waals surface area (Å²) >= 11 is 3.18. The second-order valence-corrected chi connectivity index (χ2v) is 4.90. The maximum Gasteiger partial charge on any atom is 0.278 e. The van der Waals surface area contributed by atoms with Crippen LogP contribution >= 0.6 is 15.9 Å². The van der Waals surface area contributed by atoms with Crippen LogP contribution in [-0.4, -0.2) is 29.7 Å². The fraction of sp³-hybridized carbons (Fsp3) is 0.250. The van der Waals surface area contributed by atoms with E-state index in [-0.39, 0.29) is 11.5 Å². The minimum Gasteiger partial charge on any atom is -0.383 e. The van der Waals surface area contributed by atoms with Crippen molar-refractivity contribution < 1.29 is 9.72 Å². The van der Waals surface area contributed by atoms with Crippen LogP contribution in [0, 0.1) is 10.1 Å². The highest BCUT2D eigenvalue weighted by atomic mass is 79.9. The Balaban J connectivity index is 3.46. The molecule has 0 bridgehead atoms. The summed E-state index contributed by atoms with van der Waals surface area (Å²) in [6.45, 7) is 1.39. The van der Waals surface area contributed by atoms with E-state index in [2.05, 4.69) is 15.9 Å². The highest BCUT2D eigenvalue weighted by molar-refractivity contribution is 9.10. The van der Waals surface area contributed by atoms with Gasteiger partial charge in [0.25, 0.3) is 5.69 Å². The molecular formula is C12H13BrN2O3. The fourth-order valence-corrected chi connectivity index (χ4v) is 1.84. The number of carbonyl (C=O) groups is 1. The molecule has 1 aromatic rings. The SMILES string of the molecule is CC(=O)/C(=C\N(C)C)c1ccc(Br)cc1[N+](=O)[O-]. The van der Waals surface area contributed by atoms with Crippen molar-refractivity contribution in [2.45, 2.75) is 6.92 Å². The Bertz CT molecular complexity index is 524. The Kier molecular flexibility index (Phi) is 4.61.